The smallest absolute Gasteiger partial charge is 0.223 e. The Hall–Kier alpha value is -2.99. The van der Waals surface area contributed by atoms with Gasteiger partial charge in [0, 0.05) is 42.3 Å². The summed E-state index contributed by atoms with van der Waals surface area (Å²) in [5.41, 5.74) is 1.67. The van der Waals surface area contributed by atoms with E-state index in [1.807, 2.05) is 30.3 Å². The van der Waals surface area contributed by atoms with E-state index in [4.69, 9.17) is 11.6 Å². The maximum Gasteiger partial charge on any atom is 0.223 e. The number of rotatable bonds is 5. The molecule has 1 amide bonds. The molecule has 2 heterocycles. The molecular weight excluding hydrogens is 403 g/mol. The molecule has 154 valence electrons. The van der Waals surface area contributed by atoms with Crippen molar-refractivity contribution in [2.75, 3.05) is 18.0 Å². The standard InChI is InChI=1S/C23H22ClFN4O/c24-19-6-4-16(5-7-19)15-27-23(30)17-9-12-29(13-10-17)21-8-11-26-22(28-21)18-2-1-3-20(25)14-18/h1-8,11,14,17H,9-10,12-13,15H2,(H,27,30). The summed E-state index contributed by atoms with van der Waals surface area (Å²) in [6.07, 6.45) is 3.20. The fourth-order valence-electron chi connectivity index (χ4n) is 3.60. The van der Waals surface area contributed by atoms with E-state index in [0.29, 0.717) is 23.0 Å². The first-order valence-electron chi connectivity index (χ1n) is 9.94. The van der Waals surface area contributed by atoms with Gasteiger partial charge in [-0.25, -0.2) is 14.4 Å². The normalized spacial score (nSPS) is 14.5. The average Bonchev–Trinajstić information content (AvgIpc) is 2.79. The zero-order chi connectivity index (χ0) is 20.9. The molecule has 0 unspecified atom stereocenters. The van der Waals surface area contributed by atoms with E-state index >= 15 is 0 Å². The number of amides is 1. The van der Waals surface area contributed by atoms with Crippen LogP contribution in [0.2, 0.25) is 5.02 Å². The quantitative estimate of drug-likeness (QED) is 0.656. The lowest BCUT2D eigenvalue weighted by molar-refractivity contribution is -0.125. The second kappa shape index (κ2) is 9.22. The molecule has 30 heavy (non-hydrogen) atoms. The minimum atomic E-state index is -0.313. The van der Waals surface area contributed by atoms with E-state index in [0.717, 1.165) is 37.3 Å². The largest absolute Gasteiger partial charge is 0.356 e. The number of hydrogen-bond acceptors (Lipinski definition) is 4. The molecule has 7 heteroatoms. The number of benzene rings is 2. The molecule has 0 bridgehead atoms. The Bertz CT molecular complexity index is 1020. The molecular formula is C23H22ClFN4O. The molecule has 2 aromatic carbocycles. The minimum Gasteiger partial charge on any atom is -0.356 e. The van der Waals surface area contributed by atoms with Crippen LogP contribution in [0.4, 0.5) is 10.2 Å². The lowest BCUT2D eigenvalue weighted by Gasteiger charge is -2.32. The van der Waals surface area contributed by atoms with E-state index in [1.165, 1.54) is 12.1 Å². The van der Waals surface area contributed by atoms with Crippen molar-refractivity contribution in [3.63, 3.8) is 0 Å². The second-order valence-corrected chi connectivity index (χ2v) is 7.79. The first kappa shape index (κ1) is 20.3. The number of carbonyl (C=O) groups is 1. The predicted molar refractivity (Wildman–Crippen MR) is 116 cm³/mol. The number of halogens is 2. The maximum absolute atomic E-state index is 13.5. The Morgan fingerprint density at radius 1 is 1.13 bits per heavy atom. The predicted octanol–water partition coefficient (Wildman–Crippen LogP) is 4.47. The Kier molecular flexibility index (Phi) is 6.23. The van der Waals surface area contributed by atoms with Crippen LogP contribution >= 0.6 is 11.6 Å². The molecule has 0 aliphatic carbocycles. The van der Waals surface area contributed by atoms with Gasteiger partial charge in [0.05, 0.1) is 0 Å². The molecule has 0 spiro atoms. The third-order valence-electron chi connectivity index (χ3n) is 5.29. The van der Waals surface area contributed by atoms with Crippen LogP contribution in [0.5, 0.6) is 0 Å². The number of hydrogen-bond donors (Lipinski definition) is 1. The molecule has 4 rings (SSSR count). The molecule has 1 N–H and O–H groups in total. The van der Waals surface area contributed by atoms with Crippen molar-refractivity contribution in [2.24, 2.45) is 5.92 Å². The maximum atomic E-state index is 13.5. The molecule has 0 radical (unpaired) electrons. The molecule has 5 nitrogen and oxygen atoms in total. The van der Waals surface area contributed by atoms with Gasteiger partial charge in [0.1, 0.15) is 11.6 Å². The number of anilines is 1. The molecule has 1 saturated heterocycles. The Morgan fingerprint density at radius 3 is 2.63 bits per heavy atom. The molecule has 1 fully saturated rings. The Labute approximate surface area is 179 Å². The highest BCUT2D eigenvalue weighted by atomic mass is 35.5. The summed E-state index contributed by atoms with van der Waals surface area (Å²) in [6.45, 7) is 1.97. The highest BCUT2D eigenvalue weighted by Gasteiger charge is 2.25. The van der Waals surface area contributed by atoms with E-state index in [2.05, 4.69) is 20.2 Å². The van der Waals surface area contributed by atoms with Crippen molar-refractivity contribution < 1.29 is 9.18 Å². The highest BCUT2D eigenvalue weighted by Crippen LogP contribution is 2.24. The zero-order valence-electron chi connectivity index (χ0n) is 16.4. The van der Waals surface area contributed by atoms with Gasteiger partial charge in [-0.2, -0.15) is 0 Å². The fourth-order valence-corrected chi connectivity index (χ4v) is 3.72. The van der Waals surface area contributed by atoms with Crippen molar-refractivity contribution in [3.05, 3.63) is 77.2 Å². The van der Waals surface area contributed by atoms with Crippen molar-refractivity contribution >= 4 is 23.3 Å². The summed E-state index contributed by atoms with van der Waals surface area (Å²) in [7, 11) is 0. The third kappa shape index (κ3) is 4.94. The fraction of sp³-hybridized carbons (Fsp3) is 0.261. The number of aromatic nitrogens is 2. The topological polar surface area (TPSA) is 58.1 Å². The van der Waals surface area contributed by atoms with Crippen molar-refractivity contribution in [3.8, 4) is 11.4 Å². The van der Waals surface area contributed by atoms with Gasteiger partial charge in [0.2, 0.25) is 5.91 Å². The Morgan fingerprint density at radius 2 is 1.90 bits per heavy atom. The third-order valence-corrected chi connectivity index (χ3v) is 5.55. The number of nitrogens with one attached hydrogen (secondary N) is 1. The molecule has 1 aliphatic heterocycles. The first-order chi connectivity index (χ1) is 14.6. The number of carbonyl (C=O) groups excluding carboxylic acids is 1. The van der Waals surface area contributed by atoms with Crippen LogP contribution in [0, 0.1) is 11.7 Å². The van der Waals surface area contributed by atoms with E-state index in [9.17, 15) is 9.18 Å². The van der Waals surface area contributed by atoms with Gasteiger partial charge in [0.15, 0.2) is 5.82 Å². The van der Waals surface area contributed by atoms with Crippen LogP contribution in [0.3, 0.4) is 0 Å². The van der Waals surface area contributed by atoms with Gasteiger partial charge < -0.3 is 10.2 Å². The van der Waals surface area contributed by atoms with Gasteiger partial charge in [-0.05, 0) is 48.7 Å². The molecule has 3 aromatic rings. The molecule has 1 aromatic heterocycles. The summed E-state index contributed by atoms with van der Waals surface area (Å²) >= 11 is 5.89. The zero-order valence-corrected chi connectivity index (χ0v) is 17.1. The van der Waals surface area contributed by atoms with Crippen LogP contribution in [0.15, 0.2) is 60.8 Å². The van der Waals surface area contributed by atoms with E-state index in [1.54, 1.807) is 18.3 Å². The van der Waals surface area contributed by atoms with Crippen molar-refractivity contribution in [2.45, 2.75) is 19.4 Å². The minimum absolute atomic E-state index is 0.0157. The van der Waals surface area contributed by atoms with Gasteiger partial charge in [-0.15, -0.1) is 0 Å². The summed E-state index contributed by atoms with van der Waals surface area (Å²) in [5.74, 6) is 1.04. The van der Waals surface area contributed by atoms with Gasteiger partial charge in [-0.1, -0.05) is 35.9 Å². The van der Waals surface area contributed by atoms with Crippen molar-refractivity contribution in [1.82, 2.24) is 15.3 Å². The molecule has 0 atom stereocenters. The molecule has 1 aliphatic rings. The highest BCUT2D eigenvalue weighted by molar-refractivity contribution is 6.30. The Balaban J connectivity index is 1.33. The average molecular weight is 425 g/mol. The van der Waals surface area contributed by atoms with Crippen LogP contribution in [-0.4, -0.2) is 29.0 Å². The van der Waals surface area contributed by atoms with Crippen LogP contribution < -0.4 is 10.2 Å². The number of piperidine rings is 1. The lowest BCUT2D eigenvalue weighted by Crippen LogP contribution is -2.40. The van der Waals surface area contributed by atoms with Crippen LogP contribution in [0.1, 0.15) is 18.4 Å². The monoisotopic (exact) mass is 424 g/mol. The van der Waals surface area contributed by atoms with Gasteiger partial charge >= 0.3 is 0 Å². The van der Waals surface area contributed by atoms with Crippen LogP contribution in [-0.2, 0) is 11.3 Å². The van der Waals surface area contributed by atoms with Crippen molar-refractivity contribution in [1.29, 1.82) is 0 Å². The SMILES string of the molecule is O=C(NCc1ccc(Cl)cc1)C1CCN(c2ccnc(-c3cccc(F)c3)n2)CC1. The second-order valence-electron chi connectivity index (χ2n) is 7.35. The summed E-state index contributed by atoms with van der Waals surface area (Å²) in [4.78, 5) is 23.6. The summed E-state index contributed by atoms with van der Waals surface area (Å²) < 4.78 is 13.5. The number of nitrogens with zero attached hydrogens (tertiary/aromatic N) is 3. The summed E-state index contributed by atoms with van der Waals surface area (Å²) in [6, 6.07) is 15.6. The van der Waals surface area contributed by atoms with Gasteiger partial charge in [0.25, 0.3) is 0 Å². The van der Waals surface area contributed by atoms with E-state index in [-0.39, 0.29) is 17.6 Å². The summed E-state index contributed by atoms with van der Waals surface area (Å²) in [5, 5.41) is 3.70. The van der Waals surface area contributed by atoms with Crippen LogP contribution in [0.25, 0.3) is 11.4 Å². The lowest BCUT2D eigenvalue weighted by atomic mass is 9.96. The molecule has 0 saturated carbocycles. The first-order valence-corrected chi connectivity index (χ1v) is 10.3. The van der Waals surface area contributed by atoms with E-state index < -0.39 is 0 Å². The van der Waals surface area contributed by atoms with Gasteiger partial charge in [-0.3, -0.25) is 4.79 Å².